The van der Waals surface area contributed by atoms with Crippen molar-refractivity contribution < 1.29 is 4.79 Å². The quantitative estimate of drug-likeness (QED) is 0.732. The van der Waals surface area contributed by atoms with Gasteiger partial charge in [0, 0.05) is 24.4 Å². The Hall–Kier alpha value is -2.03. The first-order chi connectivity index (χ1) is 7.79. The van der Waals surface area contributed by atoms with Crippen LogP contribution in [0, 0.1) is 6.92 Å². The van der Waals surface area contributed by atoms with E-state index in [1.807, 2.05) is 31.2 Å². The Labute approximate surface area is 94.2 Å². The predicted octanol–water partition coefficient (Wildman–Crippen LogP) is 2.19. The van der Waals surface area contributed by atoms with E-state index >= 15 is 0 Å². The fourth-order valence-electron chi connectivity index (χ4n) is 1.48. The summed E-state index contributed by atoms with van der Waals surface area (Å²) in [6, 6.07) is 7.72. The highest BCUT2D eigenvalue weighted by atomic mass is 16.1. The first-order valence-electron chi connectivity index (χ1n) is 5.11. The molecule has 2 rings (SSSR count). The Bertz CT molecular complexity index is 492. The largest absolute Gasteiger partial charge is 0.303 e. The Balaban J connectivity index is 2.36. The van der Waals surface area contributed by atoms with Crippen molar-refractivity contribution in [3.05, 3.63) is 47.8 Å². The van der Waals surface area contributed by atoms with Crippen molar-refractivity contribution >= 4 is 6.29 Å². The molecule has 0 amide bonds. The van der Waals surface area contributed by atoms with Gasteiger partial charge in [0.15, 0.2) is 5.82 Å². The van der Waals surface area contributed by atoms with E-state index in [0.29, 0.717) is 12.2 Å². The van der Waals surface area contributed by atoms with Crippen LogP contribution in [-0.4, -0.2) is 16.3 Å². The van der Waals surface area contributed by atoms with Gasteiger partial charge in [-0.3, -0.25) is 0 Å². The summed E-state index contributed by atoms with van der Waals surface area (Å²) in [7, 11) is 0. The number of benzene rings is 1. The highest BCUT2D eigenvalue weighted by Crippen LogP contribution is 2.16. The van der Waals surface area contributed by atoms with E-state index in [4.69, 9.17) is 0 Å². The molecular formula is C13H12N2O. The second-order valence-electron chi connectivity index (χ2n) is 3.66. The van der Waals surface area contributed by atoms with Gasteiger partial charge >= 0.3 is 0 Å². The van der Waals surface area contributed by atoms with Crippen molar-refractivity contribution in [1.82, 2.24) is 9.97 Å². The fraction of sp³-hybridized carbons (Fsp3) is 0.154. The van der Waals surface area contributed by atoms with E-state index in [9.17, 15) is 4.79 Å². The minimum Gasteiger partial charge on any atom is -0.303 e. The van der Waals surface area contributed by atoms with E-state index in [1.54, 1.807) is 12.4 Å². The average molecular weight is 212 g/mol. The molecule has 0 aliphatic rings. The summed E-state index contributed by atoms with van der Waals surface area (Å²) < 4.78 is 0. The zero-order valence-electron chi connectivity index (χ0n) is 9.05. The molecule has 16 heavy (non-hydrogen) atoms. The van der Waals surface area contributed by atoms with Gasteiger partial charge < -0.3 is 4.79 Å². The number of rotatable bonds is 3. The van der Waals surface area contributed by atoms with Gasteiger partial charge in [-0.1, -0.05) is 18.2 Å². The second kappa shape index (κ2) is 4.66. The van der Waals surface area contributed by atoms with Gasteiger partial charge in [-0.25, -0.2) is 9.97 Å². The normalized spacial score (nSPS) is 10.1. The molecule has 2 aromatic rings. The van der Waals surface area contributed by atoms with E-state index in [1.165, 1.54) is 0 Å². The lowest BCUT2D eigenvalue weighted by atomic mass is 10.1. The SMILES string of the molecule is Cc1cnc(-c2cccc(CC=O)c2)nc1. The third-order valence-corrected chi connectivity index (χ3v) is 2.29. The summed E-state index contributed by atoms with van der Waals surface area (Å²) in [4.78, 5) is 18.9. The summed E-state index contributed by atoms with van der Waals surface area (Å²) >= 11 is 0. The van der Waals surface area contributed by atoms with Gasteiger partial charge in [-0.05, 0) is 24.1 Å². The van der Waals surface area contributed by atoms with Crippen LogP contribution in [0.5, 0.6) is 0 Å². The van der Waals surface area contributed by atoms with Crippen molar-refractivity contribution in [2.45, 2.75) is 13.3 Å². The molecule has 1 aromatic carbocycles. The molecule has 0 aliphatic heterocycles. The van der Waals surface area contributed by atoms with Crippen LogP contribution < -0.4 is 0 Å². The fourth-order valence-corrected chi connectivity index (χ4v) is 1.48. The highest BCUT2D eigenvalue weighted by molar-refractivity contribution is 5.60. The van der Waals surface area contributed by atoms with Crippen LogP contribution >= 0.6 is 0 Å². The molecule has 0 atom stereocenters. The number of carbonyl (C=O) groups is 1. The van der Waals surface area contributed by atoms with E-state index in [0.717, 1.165) is 23.0 Å². The van der Waals surface area contributed by atoms with Gasteiger partial charge in [-0.15, -0.1) is 0 Å². The molecule has 0 aliphatic carbocycles. The molecule has 0 bridgehead atoms. The molecule has 0 N–H and O–H groups in total. The van der Waals surface area contributed by atoms with Crippen molar-refractivity contribution in [2.24, 2.45) is 0 Å². The summed E-state index contributed by atoms with van der Waals surface area (Å²) in [6.07, 6.45) is 4.90. The highest BCUT2D eigenvalue weighted by Gasteiger charge is 2.01. The molecule has 0 unspecified atom stereocenters. The van der Waals surface area contributed by atoms with Gasteiger partial charge in [0.05, 0.1) is 0 Å². The Morgan fingerprint density at radius 2 is 2.00 bits per heavy atom. The molecule has 1 heterocycles. The standard InChI is InChI=1S/C13H12N2O/c1-10-8-14-13(15-9-10)12-4-2-3-11(7-12)5-6-16/h2-4,6-9H,5H2,1H3. The van der Waals surface area contributed by atoms with Crippen molar-refractivity contribution in [2.75, 3.05) is 0 Å². The maximum Gasteiger partial charge on any atom is 0.159 e. The molecule has 80 valence electrons. The Morgan fingerprint density at radius 1 is 1.25 bits per heavy atom. The predicted molar refractivity (Wildman–Crippen MR) is 62.0 cm³/mol. The number of aryl methyl sites for hydroxylation is 1. The van der Waals surface area contributed by atoms with Gasteiger partial charge in [0.25, 0.3) is 0 Å². The lowest BCUT2D eigenvalue weighted by Crippen LogP contribution is -1.91. The second-order valence-corrected chi connectivity index (χ2v) is 3.66. The van der Waals surface area contributed by atoms with E-state index in [-0.39, 0.29) is 0 Å². The van der Waals surface area contributed by atoms with Crippen LogP contribution in [0.2, 0.25) is 0 Å². The molecule has 0 fully saturated rings. The molecule has 0 spiro atoms. The zero-order valence-corrected chi connectivity index (χ0v) is 9.05. The smallest absolute Gasteiger partial charge is 0.159 e. The Kier molecular flexibility index (Phi) is 3.05. The van der Waals surface area contributed by atoms with Crippen molar-refractivity contribution in [1.29, 1.82) is 0 Å². The number of nitrogens with zero attached hydrogens (tertiary/aromatic N) is 2. The van der Waals surface area contributed by atoms with Crippen LogP contribution in [0.25, 0.3) is 11.4 Å². The molecule has 1 aromatic heterocycles. The summed E-state index contributed by atoms with van der Waals surface area (Å²) in [5.74, 6) is 0.693. The number of aldehydes is 1. The van der Waals surface area contributed by atoms with Crippen molar-refractivity contribution in [3.8, 4) is 11.4 Å². The average Bonchev–Trinajstić information content (AvgIpc) is 2.31. The molecular weight excluding hydrogens is 200 g/mol. The topological polar surface area (TPSA) is 42.9 Å². The molecule has 0 saturated heterocycles. The van der Waals surface area contributed by atoms with Crippen molar-refractivity contribution in [3.63, 3.8) is 0 Å². The minimum absolute atomic E-state index is 0.430. The molecule has 3 heteroatoms. The van der Waals surface area contributed by atoms with E-state index in [2.05, 4.69) is 9.97 Å². The third kappa shape index (κ3) is 2.31. The van der Waals surface area contributed by atoms with Gasteiger partial charge in [0.2, 0.25) is 0 Å². The van der Waals surface area contributed by atoms with Crippen LogP contribution in [0.3, 0.4) is 0 Å². The molecule has 3 nitrogen and oxygen atoms in total. The monoisotopic (exact) mass is 212 g/mol. The van der Waals surface area contributed by atoms with E-state index < -0.39 is 0 Å². The lowest BCUT2D eigenvalue weighted by Gasteiger charge is -2.02. The van der Waals surface area contributed by atoms with Crippen LogP contribution in [0.1, 0.15) is 11.1 Å². The maximum atomic E-state index is 10.4. The first kappa shape index (κ1) is 10.5. The minimum atomic E-state index is 0.430. The number of carbonyl (C=O) groups excluding carboxylic acids is 1. The molecule has 0 radical (unpaired) electrons. The molecule has 0 saturated carbocycles. The Morgan fingerprint density at radius 3 is 2.69 bits per heavy atom. The van der Waals surface area contributed by atoms with Gasteiger partial charge in [-0.2, -0.15) is 0 Å². The summed E-state index contributed by atoms with van der Waals surface area (Å²) in [5, 5.41) is 0. The maximum absolute atomic E-state index is 10.4. The van der Waals surface area contributed by atoms with Crippen LogP contribution in [0.15, 0.2) is 36.7 Å². The number of hydrogen-bond acceptors (Lipinski definition) is 3. The number of hydrogen-bond donors (Lipinski definition) is 0. The number of aromatic nitrogens is 2. The summed E-state index contributed by atoms with van der Waals surface area (Å²) in [5.41, 5.74) is 2.96. The first-order valence-corrected chi connectivity index (χ1v) is 5.11. The van der Waals surface area contributed by atoms with Crippen LogP contribution in [0.4, 0.5) is 0 Å². The zero-order chi connectivity index (χ0) is 11.4. The lowest BCUT2D eigenvalue weighted by molar-refractivity contribution is -0.107. The van der Waals surface area contributed by atoms with Crippen LogP contribution in [-0.2, 0) is 11.2 Å². The van der Waals surface area contributed by atoms with Gasteiger partial charge in [0.1, 0.15) is 6.29 Å². The third-order valence-electron chi connectivity index (χ3n) is 2.29. The summed E-state index contributed by atoms with van der Waals surface area (Å²) in [6.45, 7) is 1.95.